The number of aromatic nitrogens is 3. The van der Waals surface area contributed by atoms with E-state index in [-0.39, 0.29) is 5.91 Å². The summed E-state index contributed by atoms with van der Waals surface area (Å²) in [5.74, 6) is -0.108. The van der Waals surface area contributed by atoms with Crippen LogP contribution in [0.5, 0.6) is 0 Å². The first-order valence-corrected chi connectivity index (χ1v) is 7.81. The first-order valence-electron chi connectivity index (χ1n) is 6.93. The van der Waals surface area contributed by atoms with E-state index in [0.717, 1.165) is 29.9 Å². The number of fused-ring (bicyclic) bond motifs is 1. The van der Waals surface area contributed by atoms with E-state index in [1.54, 1.807) is 6.20 Å². The van der Waals surface area contributed by atoms with Gasteiger partial charge in [0.15, 0.2) is 4.96 Å². The van der Waals surface area contributed by atoms with Crippen molar-refractivity contribution in [1.29, 1.82) is 0 Å². The number of nitrogens with zero attached hydrogens (tertiary/aromatic N) is 3. The minimum atomic E-state index is -0.108. The van der Waals surface area contributed by atoms with Crippen molar-refractivity contribution in [3.63, 3.8) is 0 Å². The van der Waals surface area contributed by atoms with Gasteiger partial charge in [-0.15, -0.1) is 11.3 Å². The minimum Gasteiger partial charge on any atom is -0.351 e. The molecule has 1 amide bonds. The Hall–Kier alpha value is -2.21. The van der Waals surface area contributed by atoms with Crippen LogP contribution >= 0.6 is 11.3 Å². The van der Waals surface area contributed by atoms with Gasteiger partial charge >= 0.3 is 0 Å². The Morgan fingerprint density at radius 2 is 2.29 bits per heavy atom. The third-order valence-electron chi connectivity index (χ3n) is 3.20. The van der Waals surface area contributed by atoms with E-state index in [1.165, 1.54) is 11.3 Å². The fourth-order valence-electron chi connectivity index (χ4n) is 2.11. The molecule has 3 heterocycles. The molecule has 0 aliphatic rings. The van der Waals surface area contributed by atoms with Crippen LogP contribution in [0, 0.1) is 0 Å². The van der Waals surface area contributed by atoms with Crippen molar-refractivity contribution in [2.45, 2.75) is 19.3 Å². The van der Waals surface area contributed by atoms with Crippen molar-refractivity contribution >= 4 is 22.2 Å². The lowest BCUT2D eigenvalue weighted by molar-refractivity contribution is 0.0948. The lowest BCUT2D eigenvalue weighted by atomic mass is 10.2. The van der Waals surface area contributed by atoms with E-state index in [0.29, 0.717) is 12.2 Å². The summed E-state index contributed by atoms with van der Waals surface area (Å²) in [7, 11) is 0. The summed E-state index contributed by atoms with van der Waals surface area (Å²) in [6.45, 7) is 0.664. The van der Waals surface area contributed by atoms with Crippen LogP contribution in [-0.4, -0.2) is 26.8 Å². The minimum absolute atomic E-state index is 0.108. The third kappa shape index (κ3) is 3.46. The van der Waals surface area contributed by atoms with Gasteiger partial charge in [-0.05, 0) is 31.4 Å². The molecule has 0 fully saturated rings. The number of nitrogens with one attached hydrogen (secondary N) is 1. The number of thiazole rings is 1. The molecular weight excluding hydrogens is 284 g/mol. The average molecular weight is 300 g/mol. The molecule has 0 aliphatic carbocycles. The summed E-state index contributed by atoms with van der Waals surface area (Å²) in [4.78, 5) is 21.4. The zero-order chi connectivity index (χ0) is 14.5. The van der Waals surface area contributed by atoms with Gasteiger partial charge in [-0.25, -0.2) is 4.98 Å². The van der Waals surface area contributed by atoms with E-state index in [1.807, 2.05) is 40.4 Å². The number of unbranched alkanes of at least 4 members (excludes halogenated alkanes) is 1. The highest BCUT2D eigenvalue weighted by molar-refractivity contribution is 7.15. The van der Waals surface area contributed by atoms with Crippen LogP contribution in [0.2, 0.25) is 0 Å². The van der Waals surface area contributed by atoms with E-state index < -0.39 is 0 Å². The van der Waals surface area contributed by atoms with E-state index in [9.17, 15) is 4.79 Å². The topological polar surface area (TPSA) is 59.3 Å². The van der Waals surface area contributed by atoms with Crippen molar-refractivity contribution in [3.05, 3.63) is 53.6 Å². The molecule has 0 saturated heterocycles. The lowest BCUT2D eigenvalue weighted by Crippen LogP contribution is -2.24. The van der Waals surface area contributed by atoms with Gasteiger partial charge in [0.25, 0.3) is 5.91 Å². The van der Waals surface area contributed by atoms with Gasteiger partial charge < -0.3 is 5.32 Å². The Morgan fingerprint density at radius 1 is 1.33 bits per heavy atom. The number of carbonyl (C=O) groups excluding carboxylic acids is 1. The highest BCUT2D eigenvalue weighted by Crippen LogP contribution is 2.11. The Kier molecular flexibility index (Phi) is 4.25. The number of carbonyl (C=O) groups is 1. The zero-order valence-electron chi connectivity index (χ0n) is 11.5. The average Bonchev–Trinajstić information content (AvgIpc) is 3.09. The molecule has 0 spiro atoms. The van der Waals surface area contributed by atoms with Crippen molar-refractivity contribution in [1.82, 2.24) is 19.7 Å². The van der Waals surface area contributed by atoms with Gasteiger partial charge in [0.2, 0.25) is 0 Å². The SMILES string of the molecule is O=C(NCCCCc1ccccn1)c1cn2ccsc2n1. The number of hydrogen-bond donors (Lipinski definition) is 1. The maximum atomic E-state index is 12.0. The van der Waals surface area contributed by atoms with Crippen molar-refractivity contribution in [2.75, 3.05) is 6.54 Å². The van der Waals surface area contributed by atoms with Gasteiger partial charge in [-0.3, -0.25) is 14.2 Å². The van der Waals surface area contributed by atoms with Crippen molar-refractivity contribution in [2.24, 2.45) is 0 Å². The van der Waals surface area contributed by atoms with E-state index >= 15 is 0 Å². The van der Waals surface area contributed by atoms with Crippen LogP contribution < -0.4 is 5.32 Å². The molecule has 108 valence electrons. The molecule has 6 heteroatoms. The van der Waals surface area contributed by atoms with Crippen molar-refractivity contribution < 1.29 is 4.79 Å². The fourth-order valence-corrected chi connectivity index (χ4v) is 2.81. The number of pyridine rings is 1. The maximum Gasteiger partial charge on any atom is 0.271 e. The van der Waals surface area contributed by atoms with Gasteiger partial charge in [-0.1, -0.05) is 6.07 Å². The molecule has 3 aromatic heterocycles. The van der Waals surface area contributed by atoms with Gasteiger partial charge in [0.1, 0.15) is 5.69 Å². The van der Waals surface area contributed by atoms with Crippen LogP contribution in [0.1, 0.15) is 29.0 Å². The van der Waals surface area contributed by atoms with Crippen LogP contribution in [0.4, 0.5) is 0 Å². The maximum absolute atomic E-state index is 12.0. The van der Waals surface area contributed by atoms with Crippen LogP contribution in [0.3, 0.4) is 0 Å². The number of aryl methyl sites for hydroxylation is 1. The molecule has 5 nitrogen and oxygen atoms in total. The molecule has 0 aromatic carbocycles. The number of amides is 1. The summed E-state index contributed by atoms with van der Waals surface area (Å²) in [5, 5.41) is 4.85. The Bertz CT molecular complexity index is 691. The van der Waals surface area contributed by atoms with Crippen LogP contribution in [-0.2, 0) is 6.42 Å². The second-order valence-electron chi connectivity index (χ2n) is 4.75. The summed E-state index contributed by atoms with van der Waals surface area (Å²) in [6.07, 6.45) is 8.35. The Balaban J connectivity index is 1.41. The van der Waals surface area contributed by atoms with Crippen LogP contribution in [0.25, 0.3) is 4.96 Å². The van der Waals surface area contributed by atoms with E-state index in [4.69, 9.17) is 0 Å². The number of imidazole rings is 1. The predicted molar refractivity (Wildman–Crippen MR) is 82.6 cm³/mol. The fraction of sp³-hybridized carbons (Fsp3) is 0.267. The van der Waals surface area contributed by atoms with Gasteiger partial charge in [0.05, 0.1) is 0 Å². The van der Waals surface area contributed by atoms with Gasteiger partial charge in [0, 0.05) is 36.2 Å². The quantitative estimate of drug-likeness (QED) is 0.712. The molecule has 0 atom stereocenters. The Labute approximate surface area is 126 Å². The summed E-state index contributed by atoms with van der Waals surface area (Å²) >= 11 is 1.52. The molecule has 3 aromatic rings. The molecular formula is C15H16N4OS. The Morgan fingerprint density at radius 3 is 3.10 bits per heavy atom. The summed E-state index contributed by atoms with van der Waals surface area (Å²) in [6, 6.07) is 5.93. The van der Waals surface area contributed by atoms with E-state index in [2.05, 4.69) is 15.3 Å². The smallest absolute Gasteiger partial charge is 0.271 e. The normalized spacial score (nSPS) is 10.9. The standard InChI is InChI=1S/C15H16N4OS/c20-14(13-11-19-9-10-21-15(19)18-13)17-8-4-2-6-12-5-1-3-7-16-12/h1,3,5,7,9-11H,2,4,6,8H2,(H,17,20). The molecule has 0 bridgehead atoms. The molecule has 0 saturated carbocycles. The van der Waals surface area contributed by atoms with Crippen molar-refractivity contribution in [3.8, 4) is 0 Å². The zero-order valence-corrected chi connectivity index (χ0v) is 12.3. The summed E-state index contributed by atoms with van der Waals surface area (Å²) in [5.41, 5.74) is 1.57. The predicted octanol–water partition coefficient (Wildman–Crippen LogP) is 2.54. The van der Waals surface area contributed by atoms with Gasteiger partial charge in [-0.2, -0.15) is 0 Å². The first-order chi connectivity index (χ1) is 10.3. The molecule has 3 rings (SSSR count). The first kappa shape index (κ1) is 13.8. The molecule has 0 unspecified atom stereocenters. The lowest BCUT2D eigenvalue weighted by Gasteiger charge is -2.03. The molecule has 0 radical (unpaired) electrons. The van der Waals surface area contributed by atoms with Crippen LogP contribution in [0.15, 0.2) is 42.2 Å². The highest BCUT2D eigenvalue weighted by atomic mass is 32.1. The molecule has 0 aliphatic heterocycles. The second-order valence-corrected chi connectivity index (χ2v) is 5.63. The number of hydrogen-bond acceptors (Lipinski definition) is 4. The monoisotopic (exact) mass is 300 g/mol. The third-order valence-corrected chi connectivity index (χ3v) is 3.97. The molecule has 21 heavy (non-hydrogen) atoms. The highest BCUT2D eigenvalue weighted by Gasteiger charge is 2.10. The summed E-state index contributed by atoms with van der Waals surface area (Å²) < 4.78 is 1.86. The largest absolute Gasteiger partial charge is 0.351 e. The second kappa shape index (κ2) is 6.49. The molecule has 1 N–H and O–H groups in total. The number of rotatable bonds is 6.